The van der Waals surface area contributed by atoms with Gasteiger partial charge in [0.2, 0.25) is 0 Å². The first-order valence-corrected chi connectivity index (χ1v) is 4.74. The number of carbonyl (C=O) groups excluding carboxylic acids is 3. The van der Waals surface area contributed by atoms with E-state index in [4.69, 9.17) is 0 Å². The summed E-state index contributed by atoms with van der Waals surface area (Å²) in [6.07, 6.45) is 1.47. The highest BCUT2D eigenvalue weighted by Crippen LogP contribution is 2.12. The van der Waals surface area contributed by atoms with Gasteiger partial charge in [-0.05, 0) is 13.0 Å². The predicted molar refractivity (Wildman–Crippen MR) is 55.1 cm³/mol. The van der Waals surface area contributed by atoms with Crippen LogP contribution in [0.2, 0.25) is 0 Å². The van der Waals surface area contributed by atoms with Crippen molar-refractivity contribution in [3.8, 4) is 0 Å². The third-order valence-electron chi connectivity index (χ3n) is 2.18. The average molecular weight is 239 g/mol. The highest BCUT2D eigenvalue weighted by Gasteiger charge is 2.27. The molecule has 0 aliphatic heterocycles. The smallest absolute Gasteiger partial charge is 0.316 e. The summed E-state index contributed by atoms with van der Waals surface area (Å²) in [5.74, 6) is -3.62. The maximum atomic E-state index is 13.4. The van der Waals surface area contributed by atoms with Gasteiger partial charge in [-0.15, -0.1) is 0 Å². The van der Waals surface area contributed by atoms with Crippen LogP contribution in [0, 0.1) is 11.7 Å². The molecule has 6 heteroatoms. The van der Waals surface area contributed by atoms with Gasteiger partial charge in [-0.2, -0.15) is 0 Å². The molecule has 0 aliphatic rings. The number of pyridine rings is 1. The second-order valence-electron chi connectivity index (χ2n) is 3.33. The summed E-state index contributed by atoms with van der Waals surface area (Å²) >= 11 is 0. The molecular formula is C11H10FNO4. The SMILES string of the molecule is COC(=O)C(C)C(=O)c1ncc(C=O)cc1F. The van der Waals surface area contributed by atoms with Crippen molar-refractivity contribution in [3.05, 3.63) is 29.3 Å². The third kappa shape index (κ3) is 2.72. The second-order valence-corrected chi connectivity index (χ2v) is 3.33. The summed E-state index contributed by atoms with van der Waals surface area (Å²) in [6, 6.07) is 0.886. The van der Waals surface area contributed by atoms with Crippen LogP contribution in [0.15, 0.2) is 12.3 Å². The number of Topliss-reactive ketones (excluding diaryl/α,β-unsaturated/α-hetero) is 1. The Morgan fingerprint density at radius 1 is 1.53 bits per heavy atom. The van der Waals surface area contributed by atoms with Crippen molar-refractivity contribution in [2.75, 3.05) is 7.11 Å². The molecule has 1 aromatic rings. The Balaban J connectivity index is 3.04. The Morgan fingerprint density at radius 2 is 2.18 bits per heavy atom. The van der Waals surface area contributed by atoms with E-state index in [9.17, 15) is 18.8 Å². The van der Waals surface area contributed by atoms with Gasteiger partial charge in [0.15, 0.2) is 17.9 Å². The van der Waals surface area contributed by atoms with Gasteiger partial charge in [-0.3, -0.25) is 14.4 Å². The molecule has 17 heavy (non-hydrogen) atoms. The number of rotatable bonds is 4. The van der Waals surface area contributed by atoms with E-state index in [0.29, 0.717) is 6.29 Å². The lowest BCUT2D eigenvalue weighted by atomic mass is 10.0. The number of aromatic nitrogens is 1. The molecule has 0 saturated carbocycles. The molecule has 5 nitrogen and oxygen atoms in total. The Morgan fingerprint density at radius 3 is 2.65 bits per heavy atom. The topological polar surface area (TPSA) is 73.3 Å². The van der Waals surface area contributed by atoms with E-state index in [2.05, 4.69) is 9.72 Å². The first-order chi connectivity index (χ1) is 8.01. The number of ether oxygens (including phenoxy) is 1. The highest BCUT2D eigenvalue weighted by atomic mass is 19.1. The van der Waals surface area contributed by atoms with E-state index in [-0.39, 0.29) is 5.56 Å². The Bertz CT molecular complexity index is 473. The van der Waals surface area contributed by atoms with Crippen LogP contribution in [-0.2, 0) is 9.53 Å². The molecule has 90 valence electrons. The minimum absolute atomic E-state index is 0.0183. The molecule has 0 amide bonds. The van der Waals surface area contributed by atoms with Gasteiger partial charge in [-0.1, -0.05) is 0 Å². The monoisotopic (exact) mass is 239 g/mol. The third-order valence-corrected chi connectivity index (χ3v) is 2.18. The van der Waals surface area contributed by atoms with Gasteiger partial charge >= 0.3 is 5.97 Å². The van der Waals surface area contributed by atoms with Crippen molar-refractivity contribution in [1.82, 2.24) is 4.98 Å². The molecule has 0 saturated heterocycles. The molecule has 1 unspecified atom stereocenters. The Kier molecular flexibility index (Phi) is 4.03. The normalized spacial score (nSPS) is 11.7. The van der Waals surface area contributed by atoms with Crippen LogP contribution in [0.1, 0.15) is 27.8 Å². The van der Waals surface area contributed by atoms with Gasteiger partial charge < -0.3 is 4.74 Å². The highest BCUT2D eigenvalue weighted by molar-refractivity contribution is 6.07. The number of aldehydes is 1. The van der Waals surface area contributed by atoms with Crippen molar-refractivity contribution in [2.45, 2.75) is 6.92 Å². The molecule has 0 spiro atoms. The zero-order valence-corrected chi connectivity index (χ0v) is 9.27. The van der Waals surface area contributed by atoms with E-state index in [1.54, 1.807) is 0 Å². The van der Waals surface area contributed by atoms with E-state index in [0.717, 1.165) is 19.4 Å². The fourth-order valence-corrected chi connectivity index (χ4v) is 1.19. The fraction of sp³-hybridized carbons (Fsp3) is 0.273. The van der Waals surface area contributed by atoms with Gasteiger partial charge in [0.1, 0.15) is 11.6 Å². The Hall–Kier alpha value is -2.11. The largest absolute Gasteiger partial charge is 0.468 e. The van der Waals surface area contributed by atoms with Crippen molar-refractivity contribution in [3.63, 3.8) is 0 Å². The number of hydrogen-bond donors (Lipinski definition) is 0. The van der Waals surface area contributed by atoms with Crippen LogP contribution >= 0.6 is 0 Å². The summed E-state index contributed by atoms with van der Waals surface area (Å²) < 4.78 is 17.8. The minimum Gasteiger partial charge on any atom is -0.468 e. The molecule has 0 aromatic carbocycles. The molecule has 0 aliphatic carbocycles. The fourth-order valence-electron chi connectivity index (χ4n) is 1.19. The molecular weight excluding hydrogens is 229 g/mol. The summed E-state index contributed by atoms with van der Waals surface area (Å²) in [4.78, 5) is 36.7. The van der Waals surface area contributed by atoms with E-state index in [1.165, 1.54) is 6.92 Å². The van der Waals surface area contributed by atoms with Gasteiger partial charge in [0, 0.05) is 11.8 Å². The lowest BCUT2D eigenvalue weighted by Gasteiger charge is -2.08. The number of esters is 1. The number of hydrogen-bond acceptors (Lipinski definition) is 5. The number of carbonyl (C=O) groups is 3. The van der Waals surface area contributed by atoms with Gasteiger partial charge in [-0.25, -0.2) is 9.37 Å². The van der Waals surface area contributed by atoms with Crippen LogP contribution in [-0.4, -0.2) is 30.1 Å². The lowest BCUT2D eigenvalue weighted by Crippen LogP contribution is -2.24. The summed E-state index contributed by atoms with van der Waals surface area (Å²) in [5.41, 5.74) is -0.460. The van der Waals surface area contributed by atoms with Gasteiger partial charge in [0.05, 0.1) is 7.11 Å². The molecule has 1 rings (SSSR count). The van der Waals surface area contributed by atoms with Crippen molar-refractivity contribution < 1.29 is 23.5 Å². The zero-order chi connectivity index (χ0) is 13.0. The van der Waals surface area contributed by atoms with Crippen LogP contribution < -0.4 is 0 Å². The molecule has 1 aromatic heterocycles. The molecule has 0 bridgehead atoms. The van der Waals surface area contributed by atoms with Crippen LogP contribution in [0.4, 0.5) is 4.39 Å². The standard InChI is InChI=1S/C11H10FNO4/c1-6(11(16)17-2)10(15)9-8(12)3-7(5-14)4-13-9/h3-6H,1-2H3. The van der Waals surface area contributed by atoms with E-state index >= 15 is 0 Å². The number of methoxy groups -OCH3 is 1. The van der Waals surface area contributed by atoms with Gasteiger partial charge in [0.25, 0.3) is 0 Å². The first-order valence-electron chi connectivity index (χ1n) is 4.74. The van der Waals surface area contributed by atoms with E-state index in [1.807, 2.05) is 0 Å². The second kappa shape index (κ2) is 5.29. The number of ketones is 1. The summed E-state index contributed by atoms with van der Waals surface area (Å²) in [5, 5.41) is 0. The molecule has 1 atom stereocenters. The predicted octanol–water partition coefficient (Wildman–Crippen LogP) is 1.02. The molecule has 0 radical (unpaired) electrons. The maximum Gasteiger partial charge on any atom is 0.316 e. The van der Waals surface area contributed by atoms with Crippen LogP contribution in [0.5, 0.6) is 0 Å². The minimum atomic E-state index is -1.14. The average Bonchev–Trinajstić information content (AvgIpc) is 2.35. The van der Waals surface area contributed by atoms with Crippen LogP contribution in [0.25, 0.3) is 0 Å². The van der Waals surface area contributed by atoms with Crippen molar-refractivity contribution in [2.24, 2.45) is 5.92 Å². The molecule has 0 fully saturated rings. The van der Waals surface area contributed by atoms with Crippen molar-refractivity contribution in [1.29, 1.82) is 0 Å². The lowest BCUT2D eigenvalue weighted by molar-refractivity contribution is -0.143. The van der Waals surface area contributed by atoms with Crippen LogP contribution in [0.3, 0.4) is 0 Å². The number of nitrogens with zero attached hydrogens (tertiary/aromatic N) is 1. The quantitative estimate of drug-likeness (QED) is 0.339. The zero-order valence-electron chi connectivity index (χ0n) is 9.27. The van der Waals surface area contributed by atoms with Crippen molar-refractivity contribution >= 4 is 18.0 Å². The summed E-state index contributed by atoms with van der Waals surface area (Å²) in [7, 11) is 1.13. The maximum absolute atomic E-state index is 13.4. The molecule has 0 N–H and O–H groups in total. The molecule has 1 heterocycles. The number of halogens is 1. The first kappa shape index (κ1) is 13.0. The van der Waals surface area contributed by atoms with E-state index < -0.39 is 29.2 Å². The summed E-state index contributed by atoms with van der Waals surface area (Å²) in [6.45, 7) is 1.29. The Labute approximate surface area is 96.6 Å².